The third-order valence-corrected chi connectivity index (χ3v) is 4.71. The van der Waals surface area contributed by atoms with E-state index in [1.807, 2.05) is 30.6 Å². The number of nitrogens with one attached hydrogen (secondary N) is 1. The number of carbonyl (C=O) groups excluding carboxylic acids is 1. The monoisotopic (exact) mass is 342 g/mol. The molecule has 1 aromatic heterocycles. The van der Waals surface area contributed by atoms with Crippen LogP contribution in [-0.2, 0) is 11.3 Å². The molecule has 0 unspecified atom stereocenters. The Kier molecular flexibility index (Phi) is 5.71. The molecular formula is C19H26N4O2. The van der Waals surface area contributed by atoms with Crippen molar-refractivity contribution >= 4 is 5.91 Å². The molecule has 25 heavy (non-hydrogen) atoms. The van der Waals surface area contributed by atoms with Gasteiger partial charge in [-0.3, -0.25) is 14.8 Å². The van der Waals surface area contributed by atoms with Crippen molar-refractivity contribution in [1.82, 2.24) is 20.0 Å². The van der Waals surface area contributed by atoms with E-state index in [1.165, 1.54) is 18.4 Å². The van der Waals surface area contributed by atoms with Crippen molar-refractivity contribution < 1.29 is 9.53 Å². The number of benzene rings is 1. The summed E-state index contributed by atoms with van der Waals surface area (Å²) in [4.78, 5) is 15.8. The highest BCUT2D eigenvalue weighted by Crippen LogP contribution is 2.28. The van der Waals surface area contributed by atoms with Crippen LogP contribution in [0.1, 0.15) is 29.9 Å². The molecule has 1 amide bonds. The second kappa shape index (κ2) is 8.16. The van der Waals surface area contributed by atoms with Crippen molar-refractivity contribution in [3.05, 3.63) is 47.8 Å². The molecule has 0 saturated carbocycles. The molecule has 3 rings (SSSR count). The second-order valence-electron chi connectivity index (χ2n) is 6.79. The van der Waals surface area contributed by atoms with Crippen LogP contribution in [0.3, 0.4) is 0 Å². The number of piperidine rings is 1. The lowest BCUT2D eigenvalue weighted by atomic mass is 9.92. The van der Waals surface area contributed by atoms with Gasteiger partial charge in [0.15, 0.2) is 6.61 Å². The standard InChI is InChI=1S/C19H26N4O2/c1-22(2)19(24)14-25-18-8-4-3-6-16(18)13-23-9-5-7-15(12-23)17-10-20-21-11-17/h3-4,6,8,10-11,15H,5,7,9,12-14H2,1-2H3,(H,20,21)/t15-/m0/s1. The summed E-state index contributed by atoms with van der Waals surface area (Å²) in [5.74, 6) is 1.28. The minimum absolute atomic E-state index is 0.0344. The number of hydrogen-bond acceptors (Lipinski definition) is 4. The Balaban J connectivity index is 1.63. The highest BCUT2D eigenvalue weighted by Gasteiger charge is 2.22. The van der Waals surface area contributed by atoms with Gasteiger partial charge in [-0.2, -0.15) is 5.10 Å². The van der Waals surface area contributed by atoms with Crippen LogP contribution in [0.15, 0.2) is 36.7 Å². The van der Waals surface area contributed by atoms with Crippen LogP contribution in [0.25, 0.3) is 0 Å². The summed E-state index contributed by atoms with van der Waals surface area (Å²) < 4.78 is 5.77. The van der Waals surface area contributed by atoms with Crippen molar-refractivity contribution in [3.8, 4) is 5.75 Å². The molecule has 2 heterocycles. The highest BCUT2D eigenvalue weighted by atomic mass is 16.5. The van der Waals surface area contributed by atoms with Crippen LogP contribution in [0.5, 0.6) is 5.75 Å². The fraction of sp³-hybridized carbons (Fsp3) is 0.474. The van der Waals surface area contributed by atoms with Crippen LogP contribution in [0.2, 0.25) is 0 Å². The Morgan fingerprint density at radius 2 is 2.24 bits per heavy atom. The molecule has 1 N–H and O–H groups in total. The molecule has 1 atom stereocenters. The minimum atomic E-state index is -0.0344. The summed E-state index contributed by atoms with van der Waals surface area (Å²) in [6.45, 7) is 3.01. The summed E-state index contributed by atoms with van der Waals surface area (Å²) in [5.41, 5.74) is 2.41. The number of amides is 1. The number of aromatic amines is 1. The minimum Gasteiger partial charge on any atom is -0.483 e. The lowest BCUT2D eigenvalue weighted by Gasteiger charge is -2.32. The first kappa shape index (κ1) is 17.5. The van der Waals surface area contributed by atoms with E-state index in [4.69, 9.17) is 4.74 Å². The maximum Gasteiger partial charge on any atom is 0.259 e. The maximum atomic E-state index is 11.8. The maximum absolute atomic E-state index is 11.8. The molecule has 0 radical (unpaired) electrons. The van der Waals surface area contributed by atoms with Crippen LogP contribution in [0, 0.1) is 0 Å². The first-order chi connectivity index (χ1) is 12.1. The van der Waals surface area contributed by atoms with Gasteiger partial charge in [-0.1, -0.05) is 18.2 Å². The predicted octanol–water partition coefficient (Wildman–Crippen LogP) is 2.26. The number of rotatable bonds is 6. The third-order valence-electron chi connectivity index (χ3n) is 4.71. The summed E-state index contributed by atoms with van der Waals surface area (Å²) in [7, 11) is 3.47. The van der Waals surface area contributed by atoms with Gasteiger partial charge >= 0.3 is 0 Å². The molecule has 0 bridgehead atoms. The lowest BCUT2D eigenvalue weighted by molar-refractivity contribution is -0.130. The number of carbonyl (C=O) groups is 1. The topological polar surface area (TPSA) is 61.5 Å². The number of H-pyrrole nitrogens is 1. The summed E-state index contributed by atoms with van der Waals surface area (Å²) in [5, 5.41) is 6.99. The number of ether oxygens (including phenoxy) is 1. The fourth-order valence-electron chi connectivity index (χ4n) is 3.24. The molecule has 6 nitrogen and oxygen atoms in total. The Bertz CT molecular complexity index is 684. The number of nitrogens with zero attached hydrogens (tertiary/aromatic N) is 3. The molecule has 1 fully saturated rings. The van der Waals surface area contributed by atoms with E-state index in [0.717, 1.165) is 30.9 Å². The predicted molar refractivity (Wildman–Crippen MR) is 96.5 cm³/mol. The molecule has 0 aliphatic carbocycles. The molecule has 0 spiro atoms. The van der Waals surface area contributed by atoms with Crippen molar-refractivity contribution in [1.29, 1.82) is 0 Å². The molecule has 1 aromatic carbocycles. The quantitative estimate of drug-likeness (QED) is 0.875. The fourth-order valence-corrected chi connectivity index (χ4v) is 3.24. The van der Waals surface area contributed by atoms with E-state index in [1.54, 1.807) is 19.0 Å². The first-order valence-electron chi connectivity index (χ1n) is 8.75. The van der Waals surface area contributed by atoms with Crippen LogP contribution >= 0.6 is 0 Å². The Morgan fingerprint density at radius 3 is 3.00 bits per heavy atom. The molecule has 1 aliphatic heterocycles. The Morgan fingerprint density at radius 1 is 1.40 bits per heavy atom. The van der Waals surface area contributed by atoms with Gasteiger partial charge in [-0.15, -0.1) is 0 Å². The van der Waals surface area contributed by atoms with Gasteiger partial charge in [0, 0.05) is 38.9 Å². The number of hydrogen-bond donors (Lipinski definition) is 1. The van der Waals surface area contributed by atoms with Crippen LogP contribution < -0.4 is 4.74 Å². The van der Waals surface area contributed by atoms with Gasteiger partial charge in [-0.05, 0) is 36.9 Å². The summed E-state index contributed by atoms with van der Waals surface area (Å²) in [6, 6.07) is 7.99. The first-order valence-corrected chi connectivity index (χ1v) is 8.75. The van der Waals surface area contributed by atoms with Crippen molar-refractivity contribution in [3.63, 3.8) is 0 Å². The smallest absolute Gasteiger partial charge is 0.259 e. The molecule has 1 aliphatic rings. The summed E-state index contributed by atoms with van der Waals surface area (Å²) in [6.07, 6.45) is 6.31. The lowest BCUT2D eigenvalue weighted by Crippen LogP contribution is -2.34. The number of aromatic nitrogens is 2. The third kappa shape index (κ3) is 4.60. The largest absolute Gasteiger partial charge is 0.483 e. The van der Waals surface area contributed by atoms with Crippen LogP contribution in [0.4, 0.5) is 0 Å². The SMILES string of the molecule is CN(C)C(=O)COc1ccccc1CN1CCC[C@H](c2cn[nH]c2)C1. The van der Waals surface area contributed by atoms with E-state index >= 15 is 0 Å². The summed E-state index contributed by atoms with van der Waals surface area (Å²) >= 11 is 0. The molecule has 6 heteroatoms. The van der Waals surface area contributed by atoms with E-state index in [-0.39, 0.29) is 12.5 Å². The molecule has 1 saturated heterocycles. The van der Waals surface area contributed by atoms with Crippen molar-refractivity contribution in [2.24, 2.45) is 0 Å². The molecular weight excluding hydrogens is 316 g/mol. The zero-order valence-corrected chi connectivity index (χ0v) is 14.9. The van der Waals surface area contributed by atoms with Gasteiger partial charge in [0.05, 0.1) is 6.20 Å². The Labute approximate surface area is 148 Å². The van der Waals surface area contributed by atoms with E-state index < -0.39 is 0 Å². The molecule has 134 valence electrons. The van der Waals surface area contributed by atoms with Gasteiger partial charge in [0.2, 0.25) is 0 Å². The average Bonchev–Trinajstić information content (AvgIpc) is 3.15. The van der Waals surface area contributed by atoms with E-state index in [0.29, 0.717) is 5.92 Å². The number of likely N-dealkylation sites (tertiary alicyclic amines) is 1. The van der Waals surface area contributed by atoms with Crippen molar-refractivity contribution in [2.45, 2.75) is 25.3 Å². The zero-order chi connectivity index (χ0) is 17.6. The van der Waals surface area contributed by atoms with Crippen molar-refractivity contribution in [2.75, 3.05) is 33.8 Å². The molecule has 2 aromatic rings. The van der Waals surface area contributed by atoms with E-state index in [9.17, 15) is 4.79 Å². The van der Waals surface area contributed by atoms with Gasteiger partial charge in [0.25, 0.3) is 5.91 Å². The van der Waals surface area contributed by atoms with Gasteiger partial charge in [-0.25, -0.2) is 0 Å². The average molecular weight is 342 g/mol. The zero-order valence-electron chi connectivity index (χ0n) is 14.9. The second-order valence-corrected chi connectivity index (χ2v) is 6.79. The van der Waals surface area contributed by atoms with E-state index in [2.05, 4.69) is 21.2 Å². The number of likely N-dealkylation sites (N-methyl/N-ethyl adjacent to an activating group) is 1. The number of para-hydroxylation sites is 1. The highest BCUT2D eigenvalue weighted by molar-refractivity contribution is 5.77. The van der Waals surface area contributed by atoms with Gasteiger partial charge in [0.1, 0.15) is 5.75 Å². The van der Waals surface area contributed by atoms with Crippen LogP contribution in [-0.4, -0.2) is 59.7 Å². The Hall–Kier alpha value is -2.34. The van der Waals surface area contributed by atoms with Gasteiger partial charge < -0.3 is 9.64 Å². The normalized spacial score (nSPS) is 18.1.